The van der Waals surface area contributed by atoms with Gasteiger partial charge in [-0.25, -0.2) is 0 Å². The van der Waals surface area contributed by atoms with E-state index in [9.17, 15) is 18.0 Å². The van der Waals surface area contributed by atoms with Crippen LogP contribution < -0.4 is 5.73 Å². The van der Waals surface area contributed by atoms with Crippen LogP contribution in [-0.2, 0) is 21.7 Å². The maximum absolute atomic E-state index is 14.6. The molecule has 1 amide bonds. The summed E-state index contributed by atoms with van der Waals surface area (Å²) in [4.78, 5) is 23.0. The minimum atomic E-state index is -4.90. The Morgan fingerprint density at radius 2 is 1.74 bits per heavy atom. The Balaban J connectivity index is 1.84. The van der Waals surface area contributed by atoms with E-state index < -0.39 is 29.7 Å². The number of rotatable bonds is 6. The predicted octanol–water partition coefficient (Wildman–Crippen LogP) is 7.82. The van der Waals surface area contributed by atoms with Gasteiger partial charge in [0.1, 0.15) is 5.60 Å². The van der Waals surface area contributed by atoms with Crippen molar-refractivity contribution in [3.63, 3.8) is 0 Å². The summed E-state index contributed by atoms with van der Waals surface area (Å²) in [5, 5.41) is 8.37. The smallest absolute Gasteiger partial charge is 0.390 e. The molecule has 0 fully saturated rings. The number of carbonyl (C=O) groups excluding carboxylic acids is 1. The molecular weight excluding hydrogens is 578 g/mol. The Bertz CT molecular complexity index is 1490. The minimum absolute atomic E-state index is 0.00544. The van der Waals surface area contributed by atoms with E-state index in [0.717, 1.165) is 12.1 Å². The molecule has 0 aliphatic carbocycles. The van der Waals surface area contributed by atoms with Gasteiger partial charge < -0.3 is 15.4 Å². The van der Waals surface area contributed by atoms with Gasteiger partial charge in [-0.05, 0) is 55.3 Å². The summed E-state index contributed by atoms with van der Waals surface area (Å²) < 4.78 is 43.8. The van der Waals surface area contributed by atoms with E-state index >= 15 is 0 Å². The van der Waals surface area contributed by atoms with E-state index in [-0.39, 0.29) is 38.3 Å². The molecule has 39 heavy (non-hydrogen) atoms. The number of hydrogen-bond acceptors (Lipinski definition) is 5. The second kappa shape index (κ2) is 10.5. The Hall–Kier alpha value is -3.01. The van der Waals surface area contributed by atoms with Crippen molar-refractivity contribution in [2.24, 2.45) is 16.0 Å². The summed E-state index contributed by atoms with van der Waals surface area (Å²) in [7, 11) is 0. The van der Waals surface area contributed by atoms with E-state index in [1.165, 1.54) is 6.21 Å². The summed E-state index contributed by atoms with van der Waals surface area (Å²) >= 11 is 18.1. The van der Waals surface area contributed by atoms with E-state index in [1.807, 2.05) is 20.8 Å². The lowest BCUT2D eigenvalue weighted by Gasteiger charge is -2.30. The molecular formula is C27H23Cl3F3N3O3. The molecule has 1 unspecified atom stereocenters. The van der Waals surface area contributed by atoms with Crippen molar-refractivity contribution in [1.82, 2.24) is 0 Å². The fourth-order valence-corrected chi connectivity index (χ4v) is 4.89. The molecule has 0 bridgehead atoms. The first-order chi connectivity index (χ1) is 18.1. The number of alkyl halides is 3. The largest absolute Gasteiger partial charge is 0.435 e. The standard InChI is InChI=1S/C27H23Cl3F3N3O3/c1-25(2,3)38-35-9-8-14-10-18(16-6-4-5-7-17(16)22(14)24(34)37)21-13-26(39-36-21,27(31,32)33)15-11-19(28)23(30)20(29)12-15/h4-7,9-12H,8,13H2,1-3H3,(H2,34,37). The van der Waals surface area contributed by atoms with Crippen molar-refractivity contribution in [3.8, 4) is 0 Å². The lowest BCUT2D eigenvalue weighted by atomic mass is 9.84. The van der Waals surface area contributed by atoms with Crippen LogP contribution >= 0.6 is 34.8 Å². The molecule has 2 N–H and O–H groups in total. The lowest BCUT2D eigenvalue weighted by molar-refractivity contribution is -0.275. The summed E-state index contributed by atoms with van der Waals surface area (Å²) in [6, 6.07) is 10.4. The van der Waals surface area contributed by atoms with Crippen LogP contribution in [0.1, 0.15) is 54.2 Å². The highest BCUT2D eigenvalue weighted by Gasteiger charge is 2.62. The molecule has 1 atom stereocenters. The number of nitrogens with zero attached hydrogens (tertiary/aromatic N) is 2. The zero-order chi connectivity index (χ0) is 28.8. The monoisotopic (exact) mass is 599 g/mol. The zero-order valence-electron chi connectivity index (χ0n) is 21.0. The molecule has 3 aromatic carbocycles. The van der Waals surface area contributed by atoms with E-state index in [0.29, 0.717) is 21.9 Å². The lowest BCUT2D eigenvalue weighted by Crippen LogP contribution is -2.42. The molecule has 1 aliphatic heterocycles. The third kappa shape index (κ3) is 5.66. The average molecular weight is 601 g/mol. The number of amides is 1. The second-order valence-corrected chi connectivity index (χ2v) is 11.1. The molecule has 0 spiro atoms. The topological polar surface area (TPSA) is 86.3 Å². The van der Waals surface area contributed by atoms with Crippen molar-refractivity contribution in [2.45, 2.75) is 51.0 Å². The fourth-order valence-electron chi connectivity index (χ4n) is 4.29. The van der Waals surface area contributed by atoms with Gasteiger partial charge in [0.05, 0.1) is 26.3 Å². The van der Waals surface area contributed by atoms with Gasteiger partial charge in [-0.3, -0.25) is 4.79 Å². The summed E-state index contributed by atoms with van der Waals surface area (Å²) in [6.45, 7) is 5.46. The van der Waals surface area contributed by atoms with Crippen molar-refractivity contribution in [3.05, 3.63) is 79.8 Å². The molecule has 0 radical (unpaired) electrons. The van der Waals surface area contributed by atoms with Gasteiger partial charge >= 0.3 is 6.18 Å². The molecule has 1 heterocycles. The minimum Gasteiger partial charge on any atom is -0.390 e. The Morgan fingerprint density at radius 3 is 2.31 bits per heavy atom. The number of oxime groups is 2. The van der Waals surface area contributed by atoms with Crippen LogP contribution in [0.3, 0.4) is 0 Å². The Labute approximate surface area is 237 Å². The van der Waals surface area contributed by atoms with Gasteiger partial charge in [-0.2, -0.15) is 13.2 Å². The molecule has 206 valence electrons. The molecule has 3 aromatic rings. The van der Waals surface area contributed by atoms with Crippen molar-refractivity contribution in [1.29, 1.82) is 0 Å². The third-order valence-corrected chi connectivity index (χ3v) is 7.23. The molecule has 0 saturated carbocycles. The van der Waals surface area contributed by atoms with Gasteiger partial charge in [-0.15, -0.1) is 0 Å². The average Bonchev–Trinajstić information content (AvgIpc) is 3.30. The van der Waals surface area contributed by atoms with E-state index in [2.05, 4.69) is 10.3 Å². The molecule has 1 aliphatic rings. The first-order valence-corrected chi connectivity index (χ1v) is 12.8. The quantitative estimate of drug-likeness (QED) is 0.178. The SMILES string of the molecule is CC(C)(C)ON=CCc1cc(C2=NOC(c3cc(Cl)c(Cl)c(Cl)c3)(C(F)(F)F)C2)c2ccccc2c1C(N)=O. The van der Waals surface area contributed by atoms with Crippen molar-refractivity contribution in [2.75, 3.05) is 0 Å². The van der Waals surface area contributed by atoms with Crippen LogP contribution in [-0.4, -0.2) is 29.6 Å². The zero-order valence-corrected chi connectivity index (χ0v) is 23.3. The summed E-state index contributed by atoms with van der Waals surface area (Å²) in [5.74, 6) is -0.697. The van der Waals surface area contributed by atoms with Gasteiger partial charge in [0, 0.05) is 30.2 Å². The number of hydrogen-bond donors (Lipinski definition) is 1. The van der Waals surface area contributed by atoms with Crippen molar-refractivity contribution < 1.29 is 27.6 Å². The normalized spacial score (nSPS) is 17.9. The Morgan fingerprint density at radius 1 is 1.13 bits per heavy atom. The first kappa shape index (κ1) is 29.0. The highest BCUT2D eigenvalue weighted by atomic mass is 35.5. The third-order valence-electron chi connectivity index (χ3n) is 6.03. The molecule has 0 aromatic heterocycles. The summed E-state index contributed by atoms with van der Waals surface area (Å²) in [5.41, 5.74) is 2.96. The highest BCUT2D eigenvalue weighted by Crippen LogP contribution is 2.51. The maximum Gasteiger partial charge on any atom is 0.435 e. The first-order valence-electron chi connectivity index (χ1n) is 11.7. The van der Waals surface area contributed by atoms with Gasteiger partial charge in [-0.1, -0.05) is 69.4 Å². The number of fused-ring (bicyclic) bond motifs is 1. The number of primary amides is 1. The predicted molar refractivity (Wildman–Crippen MR) is 147 cm³/mol. The molecule has 12 heteroatoms. The van der Waals surface area contributed by atoms with E-state index in [4.69, 9.17) is 50.2 Å². The van der Waals surface area contributed by atoms with Crippen LogP contribution in [0.25, 0.3) is 10.8 Å². The van der Waals surface area contributed by atoms with Crippen LogP contribution in [0.4, 0.5) is 13.2 Å². The molecule has 4 rings (SSSR count). The van der Waals surface area contributed by atoms with Gasteiger partial charge in [0.2, 0.25) is 5.91 Å². The number of nitrogens with two attached hydrogens (primary N) is 1. The van der Waals surface area contributed by atoms with Crippen LogP contribution in [0, 0.1) is 0 Å². The fraction of sp³-hybridized carbons (Fsp3) is 0.296. The number of benzene rings is 3. The van der Waals surface area contributed by atoms with Crippen LogP contribution in [0.2, 0.25) is 15.1 Å². The Kier molecular flexibility index (Phi) is 7.82. The number of carbonyl (C=O) groups is 1. The number of halogens is 6. The second-order valence-electron chi connectivity index (χ2n) is 9.95. The van der Waals surface area contributed by atoms with Crippen LogP contribution in [0.15, 0.2) is 52.8 Å². The highest BCUT2D eigenvalue weighted by molar-refractivity contribution is 6.48. The van der Waals surface area contributed by atoms with Crippen LogP contribution in [0.5, 0.6) is 0 Å². The van der Waals surface area contributed by atoms with Gasteiger partial charge in [0.15, 0.2) is 0 Å². The van der Waals surface area contributed by atoms with Gasteiger partial charge in [0.25, 0.3) is 5.60 Å². The molecule has 0 saturated heterocycles. The summed E-state index contributed by atoms with van der Waals surface area (Å²) in [6.07, 6.45) is -4.02. The maximum atomic E-state index is 14.6. The van der Waals surface area contributed by atoms with E-state index in [1.54, 1.807) is 30.3 Å². The molecule has 6 nitrogen and oxygen atoms in total. The van der Waals surface area contributed by atoms with Crippen molar-refractivity contribution >= 4 is 63.4 Å².